The zero-order chi connectivity index (χ0) is 14.8. The highest BCUT2D eigenvalue weighted by molar-refractivity contribution is 7.91. The van der Waals surface area contributed by atoms with Crippen molar-refractivity contribution in [1.82, 2.24) is 14.7 Å². The van der Waals surface area contributed by atoms with E-state index in [0.29, 0.717) is 5.01 Å². The molecule has 7 nitrogen and oxygen atoms in total. The van der Waals surface area contributed by atoms with Crippen LogP contribution in [0.3, 0.4) is 0 Å². The van der Waals surface area contributed by atoms with E-state index in [1.807, 2.05) is 6.92 Å². The van der Waals surface area contributed by atoms with Crippen molar-refractivity contribution in [3.8, 4) is 0 Å². The Morgan fingerprint density at radius 3 is 2.80 bits per heavy atom. The quantitative estimate of drug-likeness (QED) is 0.825. The van der Waals surface area contributed by atoms with Crippen molar-refractivity contribution < 1.29 is 18.3 Å². The van der Waals surface area contributed by atoms with Gasteiger partial charge < -0.3 is 5.11 Å². The Labute approximate surface area is 123 Å². The van der Waals surface area contributed by atoms with Crippen LogP contribution in [-0.2, 0) is 23.0 Å². The van der Waals surface area contributed by atoms with Crippen molar-refractivity contribution >= 4 is 38.7 Å². The lowest BCUT2D eigenvalue weighted by molar-refractivity contribution is 0.0687. The summed E-state index contributed by atoms with van der Waals surface area (Å²) in [4.78, 5) is 19.6. The van der Waals surface area contributed by atoms with Gasteiger partial charge in [0.15, 0.2) is 9.90 Å². The van der Waals surface area contributed by atoms with E-state index in [2.05, 4.69) is 14.7 Å². The van der Waals surface area contributed by atoms with Crippen LogP contribution < -0.4 is 4.72 Å². The number of rotatable bonds is 6. The highest BCUT2D eigenvalue weighted by Gasteiger charge is 2.25. The van der Waals surface area contributed by atoms with Gasteiger partial charge in [0.05, 0.1) is 12.1 Å². The van der Waals surface area contributed by atoms with Crippen LogP contribution in [0.15, 0.2) is 15.9 Å². The number of nitrogens with one attached hydrogen (secondary N) is 1. The Kier molecular flexibility index (Phi) is 4.48. The van der Waals surface area contributed by atoms with Gasteiger partial charge in [-0.25, -0.2) is 27.9 Å². The Morgan fingerprint density at radius 1 is 1.45 bits per heavy atom. The van der Waals surface area contributed by atoms with Crippen molar-refractivity contribution in [2.24, 2.45) is 0 Å². The van der Waals surface area contributed by atoms with Crippen molar-refractivity contribution in [1.29, 1.82) is 0 Å². The standard InChI is InChI=1S/C10H11N3O4S3/c1-2-6-3-11-7(19-6)4-13-20(16,17)10-8(9(14)15)12-5-18-10/h3,5,13H,2,4H2,1H3,(H,14,15). The highest BCUT2D eigenvalue weighted by Crippen LogP contribution is 2.20. The van der Waals surface area contributed by atoms with Gasteiger partial charge in [-0.2, -0.15) is 0 Å². The Hall–Kier alpha value is -1.36. The van der Waals surface area contributed by atoms with Crippen LogP contribution in [0.1, 0.15) is 27.3 Å². The van der Waals surface area contributed by atoms with Gasteiger partial charge in [-0.05, 0) is 6.42 Å². The third-order valence-corrected chi connectivity index (χ3v) is 6.26. The summed E-state index contributed by atoms with van der Waals surface area (Å²) >= 11 is 2.18. The molecule has 2 rings (SSSR count). The first-order valence-electron chi connectivity index (χ1n) is 5.54. The number of thiazole rings is 2. The van der Waals surface area contributed by atoms with Gasteiger partial charge in [0, 0.05) is 11.1 Å². The highest BCUT2D eigenvalue weighted by atomic mass is 32.2. The van der Waals surface area contributed by atoms with Crippen LogP contribution >= 0.6 is 22.7 Å². The second kappa shape index (κ2) is 5.95. The van der Waals surface area contributed by atoms with Gasteiger partial charge in [0.25, 0.3) is 10.0 Å². The Bertz CT molecular complexity index is 720. The second-order valence-electron chi connectivity index (χ2n) is 3.69. The molecule has 0 amide bonds. The maximum Gasteiger partial charge on any atom is 0.356 e. The topological polar surface area (TPSA) is 109 Å². The average Bonchev–Trinajstić information content (AvgIpc) is 3.05. The summed E-state index contributed by atoms with van der Waals surface area (Å²) in [7, 11) is -3.90. The lowest BCUT2D eigenvalue weighted by Gasteiger charge is -2.03. The summed E-state index contributed by atoms with van der Waals surface area (Å²) in [5.41, 5.74) is 0.729. The molecule has 0 spiro atoms. The van der Waals surface area contributed by atoms with Gasteiger partial charge >= 0.3 is 5.97 Å². The van der Waals surface area contributed by atoms with Crippen molar-refractivity contribution in [2.45, 2.75) is 24.1 Å². The summed E-state index contributed by atoms with van der Waals surface area (Å²) < 4.78 is 26.1. The number of aromatic carboxylic acids is 1. The van der Waals surface area contributed by atoms with E-state index < -0.39 is 21.7 Å². The van der Waals surface area contributed by atoms with Gasteiger partial charge in [0.2, 0.25) is 0 Å². The predicted octanol–water partition coefficient (Wildman–Crippen LogP) is 1.34. The summed E-state index contributed by atoms with van der Waals surface area (Å²) in [6, 6.07) is 0. The number of carbonyl (C=O) groups is 1. The van der Waals surface area contributed by atoms with Gasteiger partial charge in [-0.15, -0.1) is 22.7 Å². The number of sulfonamides is 1. The number of aryl methyl sites for hydroxylation is 1. The van der Waals surface area contributed by atoms with E-state index in [-0.39, 0.29) is 10.8 Å². The second-order valence-corrected chi connectivity index (χ2v) is 7.71. The van der Waals surface area contributed by atoms with E-state index in [1.54, 1.807) is 6.20 Å². The maximum absolute atomic E-state index is 12.0. The number of carboxylic acid groups (broad SMARTS) is 1. The van der Waals surface area contributed by atoms with E-state index in [9.17, 15) is 13.2 Å². The monoisotopic (exact) mass is 333 g/mol. The molecule has 2 N–H and O–H groups in total. The number of hydrogen-bond donors (Lipinski definition) is 2. The summed E-state index contributed by atoms with van der Waals surface area (Å²) in [6.07, 6.45) is 2.53. The number of carboxylic acids is 1. The number of hydrogen-bond acceptors (Lipinski definition) is 7. The largest absolute Gasteiger partial charge is 0.476 e. The van der Waals surface area contributed by atoms with Gasteiger partial charge in [0.1, 0.15) is 5.01 Å². The molecule has 2 heterocycles. The summed E-state index contributed by atoms with van der Waals surface area (Å²) in [6.45, 7) is 2.02. The zero-order valence-corrected chi connectivity index (χ0v) is 12.8. The fourth-order valence-electron chi connectivity index (χ4n) is 1.38. The molecule has 0 aliphatic carbocycles. The minimum absolute atomic E-state index is 0.0317. The van der Waals surface area contributed by atoms with Crippen LogP contribution in [0.4, 0.5) is 0 Å². The molecule has 0 unspecified atom stereocenters. The molecule has 0 saturated heterocycles. The van der Waals surface area contributed by atoms with Crippen molar-refractivity contribution in [2.75, 3.05) is 0 Å². The molecule has 0 saturated carbocycles. The molecular formula is C10H11N3O4S3. The Morgan fingerprint density at radius 2 is 2.20 bits per heavy atom. The molecule has 10 heteroatoms. The molecule has 0 aromatic carbocycles. The summed E-state index contributed by atoms with van der Waals surface area (Å²) in [5, 5.41) is 9.51. The third-order valence-electron chi connectivity index (χ3n) is 2.34. The Balaban J connectivity index is 2.15. The van der Waals surface area contributed by atoms with Crippen LogP contribution in [0.2, 0.25) is 0 Å². The zero-order valence-electron chi connectivity index (χ0n) is 10.4. The molecule has 2 aromatic rings. The molecule has 0 fully saturated rings. The summed E-state index contributed by atoms with van der Waals surface area (Å²) in [5.74, 6) is -1.37. The normalized spacial score (nSPS) is 11.7. The minimum atomic E-state index is -3.90. The van der Waals surface area contributed by atoms with E-state index in [1.165, 1.54) is 16.8 Å². The first kappa shape index (κ1) is 15.0. The lowest BCUT2D eigenvalue weighted by atomic mass is 10.4. The van der Waals surface area contributed by atoms with Crippen molar-refractivity contribution in [3.63, 3.8) is 0 Å². The molecule has 0 atom stereocenters. The van der Waals surface area contributed by atoms with Gasteiger partial charge in [-0.1, -0.05) is 6.92 Å². The number of nitrogens with zero attached hydrogens (tertiary/aromatic N) is 2. The molecular weight excluding hydrogens is 322 g/mol. The van der Waals surface area contributed by atoms with Crippen LogP contribution in [-0.4, -0.2) is 29.5 Å². The van der Waals surface area contributed by atoms with E-state index >= 15 is 0 Å². The SMILES string of the molecule is CCc1cnc(CNS(=O)(=O)c2scnc2C(=O)O)s1. The maximum atomic E-state index is 12.0. The first-order chi connectivity index (χ1) is 9.44. The van der Waals surface area contributed by atoms with Crippen molar-refractivity contribution in [3.05, 3.63) is 27.3 Å². The van der Waals surface area contributed by atoms with Gasteiger partial charge in [-0.3, -0.25) is 0 Å². The first-order valence-corrected chi connectivity index (χ1v) is 8.72. The molecule has 0 aliphatic heterocycles. The van der Waals surface area contributed by atoms with Crippen LogP contribution in [0.5, 0.6) is 0 Å². The predicted molar refractivity (Wildman–Crippen MR) is 74.6 cm³/mol. The van der Waals surface area contributed by atoms with Crippen LogP contribution in [0, 0.1) is 0 Å². The smallest absolute Gasteiger partial charge is 0.356 e. The molecule has 0 bridgehead atoms. The molecule has 20 heavy (non-hydrogen) atoms. The van der Waals surface area contributed by atoms with E-state index in [0.717, 1.165) is 22.6 Å². The van der Waals surface area contributed by atoms with E-state index in [4.69, 9.17) is 5.11 Å². The fraction of sp³-hybridized carbons (Fsp3) is 0.300. The third kappa shape index (κ3) is 3.20. The molecule has 108 valence electrons. The fourth-order valence-corrected chi connectivity index (χ4v) is 4.45. The average molecular weight is 333 g/mol. The minimum Gasteiger partial charge on any atom is -0.476 e. The lowest BCUT2D eigenvalue weighted by Crippen LogP contribution is -2.24. The molecule has 2 aromatic heterocycles. The number of aromatic nitrogens is 2. The van der Waals surface area contributed by atoms with Crippen LogP contribution in [0.25, 0.3) is 0 Å². The molecule has 0 aliphatic rings. The molecule has 0 radical (unpaired) electrons.